The summed E-state index contributed by atoms with van der Waals surface area (Å²) in [6, 6.07) is 0.307. The largest absolute Gasteiger partial charge is 0.298 e. The van der Waals surface area contributed by atoms with Crippen LogP contribution in [-0.4, -0.2) is 29.8 Å². The minimum atomic E-state index is 0.307. The first kappa shape index (κ1) is 8.24. The van der Waals surface area contributed by atoms with E-state index in [2.05, 4.69) is 4.90 Å². The monoisotopic (exact) mass is 167 g/mol. The van der Waals surface area contributed by atoms with Crippen molar-refractivity contribution in [2.24, 2.45) is 0 Å². The predicted molar refractivity (Wildman–Crippen MR) is 48.1 cm³/mol. The summed E-state index contributed by atoms with van der Waals surface area (Å²) in [6.07, 6.45) is 6.85. The SMILES string of the molecule is O=C1CCCCN2CCCCC12. The Labute approximate surface area is 73.9 Å². The smallest absolute Gasteiger partial charge is 0.149 e. The van der Waals surface area contributed by atoms with Crippen molar-refractivity contribution in [3.05, 3.63) is 0 Å². The molecule has 0 amide bonds. The molecule has 1 atom stereocenters. The van der Waals surface area contributed by atoms with Crippen molar-refractivity contribution in [1.29, 1.82) is 0 Å². The Morgan fingerprint density at radius 2 is 1.83 bits per heavy atom. The second kappa shape index (κ2) is 3.56. The Balaban J connectivity index is 2.06. The van der Waals surface area contributed by atoms with Gasteiger partial charge in [0.1, 0.15) is 5.78 Å². The van der Waals surface area contributed by atoms with Gasteiger partial charge in [-0.2, -0.15) is 0 Å². The average Bonchev–Trinajstić information content (AvgIpc) is 2.29. The first-order valence-electron chi connectivity index (χ1n) is 5.15. The molecule has 1 unspecified atom stereocenters. The van der Waals surface area contributed by atoms with E-state index in [1.54, 1.807) is 0 Å². The van der Waals surface area contributed by atoms with Gasteiger partial charge in [-0.15, -0.1) is 0 Å². The average molecular weight is 167 g/mol. The van der Waals surface area contributed by atoms with Crippen LogP contribution >= 0.6 is 0 Å². The van der Waals surface area contributed by atoms with Crippen LogP contribution in [0.4, 0.5) is 0 Å². The van der Waals surface area contributed by atoms with Gasteiger partial charge in [-0.05, 0) is 38.8 Å². The minimum Gasteiger partial charge on any atom is -0.298 e. The number of hydrogen-bond acceptors (Lipinski definition) is 2. The van der Waals surface area contributed by atoms with Crippen LogP contribution < -0.4 is 0 Å². The fourth-order valence-electron chi connectivity index (χ4n) is 2.40. The van der Waals surface area contributed by atoms with Gasteiger partial charge in [0.05, 0.1) is 6.04 Å². The second-order valence-corrected chi connectivity index (χ2v) is 3.97. The van der Waals surface area contributed by atoms with E-state index in [0.717, 1.165) is 32.4 Å². The molecule has 2 heterocycles. The maximum absolute atomic E-state index is 11.6. The molecule has 2 rings (SSSR count). The van der Waals surface area contributed by atoms with Gasteiger partial charge in [-0.1, -0.05) is 6.42 Å². The van der Waals surface area contributed by atoms with Crippen molar-refractivity contribution < 1.29 is 4.79 Å². The number of fused-ring (bicyclic) bond motifs is 1. The molecule has 0 aromatic rings. The summed E-state index contributed by atoms with van der Waals surface area (Å²) >= 11 is 0. The van der Waals surface area contributed by atoms with Crippen LogP contribution in [0.3, 0.4) is 0 Å². The van der Waals surface area contributed by atoms with Gasteiger partial charge >= 0.3 is 0 Å². The third-order valence-corrected chi connectivity index (χ3v) is 3.10. The number of piperidine rings is 1. The van der Waals surface area contributed by atoms with Crippen LogP contribution in [0.5, 0.6) is 0 Å². The van der Waals surface area contributed by atoms with E-state index >= 15 is 0 Å². The van der Waals surface area contributed by atoms with Gasteiger partial charge in [0.2, 0.25) is 0 Å². The van der Waals surface area contributed by atoms with Crippen molar-refractivity contribution >= 4 is 5.78 Å². The quantitative estimate of drug-likeness (QED) is 0.546. The molecule has 68 valence electrons. The summed E-state index contributed by atoms with van der Waals surface area (Å²) in [5, 5.41) is 0. The van der Waals surface area contributed by atoms with Crippen LogP contribution in [0.1, 0.15) is 38.5 Å². The molecule has 2 heteroatoms. The molecule has 0 radical (unpaired) electrons. The maximum atomic E-state index is 11.6. The molecule has 0 N–H and O–H groups in total. The Morgan fingerprint density at radius 3 is 2.67 bits per heavy atom. The van der Waals surface area contributed by atoms with Gasteiger partial charge in [0.25, 0.3) is 0 Å². The van der Waals surface area contributed by atoms with Gasteiger partial charge in [0.15, 0.2) is 0 Å². The molecule has 2 aliphatic rings. The molecule has 2 fully saturated rings. The summed E-state index contributed by atoms with van der Waals surface area (Å²) in [5.74, 6) is 0.507. The fraction of sp³-hybridized carbons (Fsp3) is 0.900. The van der Waals surface area contributed by atoms with Crippen molar-refractivity contribution in [3.63, 3.8) is 0 Å². The highest BCUT2D eigenvalue weighted by Crippen LogP contribution is 2.22. The van der Waals surface area contributed by atoms with E-state index in [0.29, 0.717) is 11.8 Å². The lowest BCUT2D eigenvalue weighted by atomic mass is 9.98. The van der Waals surface area contributed by atoms with Crippen LogP contribution in [0.15, 0.2) is 0 Å². The van der Waals surface area contributed by atoms with Gasteiger partial charge in [0, 0.05) is 6.42 Å². The lowest BCUT2D eigenvalue weighted by Gasteiger charge is -2.32. The molecule has 0 bridgehead atoms. The van der Waals surface area contributed by atoms with Gasteiger partial charge in [-0.3, -0.25) is 9.69 Å². The van der Waals surface area contributed by atoms with E-state index in [4.69, 9.17) is 0 Å². The molecule has 0 aliphatic carbocycles. The molecule has 0 aromatic heterocycles. The van der Waals surface area contributed by atoms with E-state index in [9.17, 15) is 4.79 Å². The zero-order valence-electron chi connectivity index (χ0n) is 7.59. The number of carbonyl (C=O) groups excluding carboxylic acids is 1. The highest BCUT2D eigenvalue weighted by molar-refractivity contribution is 5.84. The van der Waals surface area contributed by atoms with Crippen LogP contribution in [0.25, 0.3) is 0 Å². The molecule has 0 spiro atoms. The topological polar surface area (TPSA) is 20.3 Å². The number of Topliss-reactive ketones (excluding diaryl/α,β-unsaturated/α-hetero) is 1. The number of nitrogens with zero attached hydrogens (tertiary/aromatic N) is 1. The molecular weight excluding hydrogens is 150 g/mol. The molecule has 0 saturated carbocycles. The Bertz CT molecular complexity index is 179. The Morgan fingerprint density at radius 1 is 1.08 bits per heavy atom. The summed E-state index contributed by atoms with van der Waals surface area (Å²) in [7, 11) is 0. The molecule has 0 aromatic carbocycles. The molecule has 2 nitrogen and oxygen atoms in total. The third kappa shape index (κ3) is 1.53. The zero-order valence-corrected chi connectivity index (χ0v) is 7.59. The molecule has 12 heavy (non-hydrogen) atoms. The van der Waals surface area contributed by atoms with E-state index in [-0.39, 0.29) is 0 Å². The zero-order chi connectivity index (χ0) is 8.39. The van der Waals surface area contributed by atoms with Crippen LogP contribution in [0.2, 0.25) is 0 Å². The maximum Gasteiger partial charge on any atom is 0.149 e. The summed E-state index contributed by atoms with van der Waals surface area (Å²) in [6.45, 7) is 2.33. The highest BCUT2D eigenvalue weighted by Gasteiger charge is 2.29. The lowest BCUT2D eigenvalue weighted by Crippen LogP contribution is -2.43. The van der Waals surface area contributed by atoms with Crippen LogP contribution in [-0.2, 0) is 4.79 Å². The standard InChI is InChI=1S/C10H17NO/c12-10-6-2-4-8-11-7-3-1-5-9(10)11/h9H,1-8H2. The number of ketones is 1. The van der Waals surface area contributed by atoms with Crippen molar-refractivity contribution in [2.75, 3.05) is 13.1 Å². The molecule has 2 saturated heterocycles. The van der Waals surface area contributed by atoms with Crippen molar-refractivity contribution in [1.82, 2.24) is 4.90 Å². The number of rotatable bonds is 0. The summed E-state index contributed by atoms with van der Waals surface area (Å²) < 4.78 is 0. The van der Waals surface area contributed by atoms with Gasteiger partial charge in [-0.25, -0.2) is 0 Å². The normalized spacial score (nSPS) is 32.7. The second-order valence-electron chi connectivity index (χ2n) is 3.97. The first-order valence-corrected chi connectivity index (χ1v) is 5.15. The first-order chi connectivity index (χ1) is 5.88. The predicted octanol–water partition coefficient (Wildman–Crippen LogP) is 1.59. The third-order valence-electron chi connectivity index (χ3n) is 3.10. The molecule has 2 aliphatic heterocycles. The van der Waals surface area contributed by atoms with E-state index < -0.39 is 0 Å². The van der Waals surface area contributed by atoms with Crippen LogP contribution in [0, 0.1) is 0 Å². The van der Waals surface area contributed by atoms with E-state index in [1.165, 1.54) is 19.3 Å². The van der Waals surface area contributed by atoms with Crippen molar-refractivity contribution in [2.45, 2.75) is 44.6 Å². The summed E-state index contributed by atoms with van der Waals surface area (Å²) in [4.78, 5) is 14.0. The molecular formula is C10H17NO. The Hall–Kier alpha value is -0.370. The number of carbonyl (C=O) groups is 1. The highest BCUT2D eigenvalue weighted by atomic mass is 16.1. The lowest BCUT2D eigenvalue weighted by molar-refractivity contribution is -0.124. The fourth-order valence-corrected chi connectivity index (χ4v) is 2.40. The van der Waals surface area contributed by atoms with Gasteiger partial charge < -0.3 is 0 Å². The minimum absolute atomic E-state index is 0.307. The Kier molecular flexibility index (Phi) is 2.45. The van der Waals surface area contributed by atoms with E-state index in [1.807, 2.05) is 0 Å². The van der Waals surface area contributed by atoms with Crippen molar-refractivity contribution in [3.8, 4) is 0 Å². The summed E-state index contributed by atoms with van der Waals surface area (Å²) in [5.41, 5.74) is 0. The number of hydrogen-bond donors (Lipinski definition) is 0.